The van der Waals surface area contributed by atoms with Crippen molar-refractivity contribution >= 4 is 17.8 Å². The summed E-state index contributed by atoms with van der Waals surface area (Å²) in [5.74, 6) is -2.69. The van der Waals surface area contributed by atoms with E-state index in [1.54, 1.807) is 0 Å². The molecule has 0 aromatic heterocycles. The van der Waals surface area contributed by atoms with Gasteiger partial charge in [0, 0.05) is 12.1 Å². The molecule has 0 saturated heterocycles. The average molecular weight is 205 g/mol. The minimum atomic E-state index is -1.10. The van der Waals surface area contributed by atoms with Gasteiger partial charge in [0.05, 0.1) is 0 Å². The minimum absolute atomic E-state index is 0.374. The molecule has 5 nitrogen and oxygen atoms in total. The zero-order chi connectivity index (χ0) is 10.0. The molecule has 0 bridgehead atoms. The summed E-state index contributed by atoms with van der Waals surface area (Å²) in [4.78, 5) is 10.8. The van der Waals surface area contributed by atoms with Gasteiger partial charge in [-0.05, 0) is 0 Å². The highest BCUT2D eigenvalue weighted by Crippen LogP contribution is 2.32. The van der Waals surface area contributed by atoms with Crippen LogP contribution in [-0.2, 0) is 4.29 Å². The summed E-state index contributed by atoms with van der Waals surface area (Å²) < 4.78 is 3.77. The predicted octanol–water partition coefficient (Wildman–Crippen LogP) is 1.11. The van der Waals surface area contributed by atoms with Gasteiger partial charge in [-0.2, -0.15) is 0 Å². The molecule has 0 heterocycles. The van der Waals surface area contributed by atoms with Gasteiger partial charge in [-0.15, -0.1) is 0 Å². The lowest BCUT2D eigenvalue weighted by Gasteiger charge is -2.03. The van der Waals surface area contributed by atoms with Crippen LogP contribution in [0.3, 0.4) is 0 Å². The summed E-state index contributed by atoms with van der Waals surface area (Å²) in [5.41, 5.74) is -0.493. The monoisotopic (exact) mass is 204 g/mol. The number of carbonyl (C=O) groups excluding carboxylic acids is 1. The lowest BCUT2D eigenvalue weighted by Crippen LogP contribution is -1.98. The van der Waals surface area contributed by atoms with E-state index in [4.69, 9.17) is 27.2 Å². The molecule has 0 radical (unpaired) electrons. The van der Waals surface area contributed by atoms with Gasteiger partial charge in [0.2, 0.25) is 0 Å². The summed E-state index contributed by atoms with van der Waals surface area (Å²) in [7, 11) is 0. The Morgan fingerprint density at radius 3 is 2.08 bits per heavy atom. The molecule has 0 unspecified atom stereocenters. The van der Waals surface area contributed by atoms with Gasteiger partial charge in [-0.3, -0.25) is 0 Å². The van der Waals surface area contributed by atoms with Crippen LogP contribution in [0, 0.1) is 0 Å². The molecule has 6 heteroatoms. The third-order valence-corrected chi connectivity index (χ3v) is 1.50. The smallest absolute Gasteiger partial charge is 0.363 e. The Balaban J connectivity index is 3.28. The second kappa shape index (κ2) is 3.40. The summed E-state index contributed by atoms with van der Waals surface area (Å²) in [6.45, 7) is 0. The van der Waals surface area contributed by atoms with Gasteiger partial charge in [0.25, 0.3) is 0 Å². The van der Waals surface area contributed by atoms with Gasteiger partial charge < -0.3 is 19.6 Å². The number of benzene rings is 1. The zero-order valence-electron chi connectivity index (χ0n) is 6.19. The zero-order valence-corrected chi connectivity index (χ0v) is 6.95. The van der Waals surface area contributed by atoms with E-state index in [1.165, 1.54) is 0 Å². The van der Waals surface area contributed by atoms with Crippen LogP contribution in [0.5, 0.6) is 17.2 Å². The lowest BCUT2D eigenvalue weighted by atomic mass is 10.1. The number of halogens is 1. The van der Waals surface area contributed by atoms with E-state index in [2.05, 4.69) is 4.29 Å². The molecule has 0 fully saturated rings. The highest BCUT2D eigenvalue weighted by atomic mass is 35.5. The van der Waals surface area contributed by atoms with Crippen molar-refractivity contribution in [1.82, 2.24) is 0 Å². The topological polar surface area (TPSA) is 87.0 Å². The van der Waals surface area contributed by atoms with Gasteiger partial charge in [-0.25, -0.2) is 4.79 Å². The summed E-state index contributed by atoms with van der Waals surface area (Å²) in [5, 5.41) is 27.1. The third-order valence-electron chi connectivity index (χ3n) is 1.36. The molecule has 13 heavy (non-hydrogen) atoms. The summed E-state index contributed by atoms with van der Waals surface area (Å²) in [6, 6.07) is 1.76. The second-order valence-corrected chi connectivity index (χ2v) is 2.38. The standard InChI is InChI=1S/C7H5ClO5/c8-13-7(12)6-4(10)1-3(9)2-5(6)11/h1-2,9-11H. The van der Waals surface area contributed by atoms with Crippen LogP contribution < -0.4 is 0 Å². The Hall–Kier alpha value is -1.62. The molecule has 1 aromatic carbocycles. The van der Waals surface area contributed by atoms with Crippen molar-refractivity contribution in [3.63, 3.8) is 0 Å². The van der Waals surface area contributed by atoms with Gasteiger partial charge in [0.15, 0.2) is 0 Å². The fourth-order valence-electron chi connectivity index (χ4n) is 0.845. The Morgan fingerprint density at radius 1 is 1.23 bits per heavy atom. The van der Waals surface area contributed by atoms with E-state index in [1.807, 2.05) is 0 Å². The largest absolute Gasteiger partial charge is 0.508 e. The van der Waals surface area contributed by atoms with Crippen molar-refractivity contribution in [2.24, 2.45) is 0 Å². The first kappa shape index (κ1) is 9.47. The van der Waals surface area contributed by atoms with E-state index < -0.39 is 23.0 Å². The van der Waals surface area contributed by atoms with E-state index in [0.29, 0.717) is 0 Å². The van der Waals surface area contributed by atoms with Crippen LogP contribution in [-0.4, -0.2) is 21.3 Å². The van der Waals surface area contributed by atoms with Crippen LogP contribution in [0.15, 0.2) is 12.1 Å². The van der Waals surface area contributed by atoms with Crippen LogP contribution >= 0.6 is 11.9 Å². The Kier molecular flexibility index (Phi) is 2.48. The maximum Gasteiger partial charge on any atom is 0.363 e. The number of carbonyl (C=O) groups is 1. The first-order valence-electron chi connectivity index (χ1n) is 3.14. The van der Waals surface area contributed by atoms with Crippen LogP contribution in [0.25, 0.3) is 0 Å². The number of hydrogen-bond acceptors (Lipinski definition) is 5. The molecule has 0 aliphatic carbocycles. The second-order valence-electron chi connectivity index (χ2n) is 2.22. The van der Waals surface area contributed by atoms with E-state index >= 15 is 0 Å². The van der Waals surface area contributed by atoms with Gasteiger partial charge in [0.1, 0.15) is 34.7 Å². The lowest BCUT2D eigenvalue weighted by molar-refractivity contribution is 0.0745. The average Bonchev–Trinajstić information content (AvgIpc) is 2.02. The van der Waals surface area contributed by atoms with Gasteiger partial charge >= 0.3 is 5.97 Å². The first-order valence-corrected chi connectivity index (χ1v) is 3.45. The number of phenols is 3. The van der Waals surface area contributed by atoms with Crippen molar-refractivity contribution in [2.75, 3.05) is 0 Å². The van der Waals surface area contributed by atoms with Crippen molar-refractivity contribution in [3.8, 4) is 17.2 Å². The third kappa shape index (κ3) is 1.75. The number of phenolic OH excluding ortho intramolecular Hbond substituents is 3. The van der Waals surface area contributed by atoms with Crippen molar-refractivity contribution in [2.45, 2.75) is 0 Å². The fraction of sp³-hybridized carbons (Fsp3) is 0. The first-order chi connectivity index (χ1) is 6.06. The van der Waals surface area contributed by atoms with E-state index in [9.17, 15) is 4.79 Å². The Bertz CT molecular complexity index is 326. The molecule has 0 aliphatic heterocycles. The van der Waals surface area contributed by atoms with Crippen molar-refractivity contribution in [3.05, 3.63) is 17.7 Å². The highest BCUT2D eigenvalue weighted by molar-refractivity contribution is 6.16. The quantitative estimate of drug-likeness (QED) is 0.638. The fourth-order valence-corrected chi connectivity index (χ4v) is 0.922. The molecule has 0 amide bonds. The molecule has 3 N–H and O–H groups in total. The van der Waals surface area contributed by atoms with Crippen LogP contribution in [0.4, 0.5) is 0 Å². The van der Waals surface area contributed by atoms with E-state index in [-0.39, 0.29) is 5.75 Å². The predicted molar refractivity (Wildman–Crippen MR) is 42.7 cm³/mol. The summed E-state index contributed by atoms with van der Waals surface area (Å²) in [6.07, 6.45) is 0. The number of rotatable bonds is 1. The van der Waals surface area contributed by atoms with Crippen molar-refractivity contribution < 1.29 is 24.4 Å². The molecule has 1 aromatic rings. The molecule has 0 spiro atoms. The minimum Gasteiger partial charge on any atom is -0.508 e. The molecule has 1 rings (SSSR count). The molecular weight excluding hydrogens is 200 g/mol. The number of hydrogen-bond donors (Lipinski definition) is 3. The molecular formula is C7H5ClO5. The maximum atomic E-state index is 10.8. The normalized spacial score (nSPS) is 9.62. The van der Waals surface area contributed by atoms with Crippen molar-refractivity contribution in [1.29, 1.82) is 0 Å². The SMILES string of the molecule is O=C(OCl)c1c(O)cc(O)cc1O. The van der Waals surface area contributed by atoms with Crippen LogP contribution in [0.2, 0.25) is 0 Å². The molecule has 0 saturated carbocycles. The Labute approximate surface area is 77.9 Å². The van der Waals surface area contributed by atoms with Gasteiger partial charge in [-0.1, -0.05) is 0 Å². The highest BCUT2D eigenvalue weighted by Gasteiger charge is 2.18. The molecule has 70 valence electrons. The number of aromatic hydroxyl groups is 3. The summed E-state index contributed by atoms with van der Waals surface area (Å²) >= 11 is 4.74. The molecule has 0 atom stereocenters. The van der Waals surface area contributed by atoms with E-state index in [0.717, 1.165) is 12.1 Å². The molecule has 0 aliphatic rings. The van der Waals surface area contributed by atoms with Crippen LogP contribution in [0.1, 0.15) is 10.4 Å². The Morgan fingerprint density at radius 2 is 1.69 bits per heavy atom. The maximum absolute atomic E-state index is 10.8.